The molecule has 20 heavy (non-hydrogen) atoms. The molecule has 2 fully saturated rings. The van der Waals surface area contributed by atoms with E-state index in [2.05, 4.69) is 27.0 Å². The van der Waals surface area contributed by atoms with E-state index in [0.29, 0.717) is 17.4 Å². The largest absolute Gasteiger partial charge is 0.451 e. The molecule has 0 spiro atoms. The van der Waals surface area contributed by atoms with Crippen LogP contribution >= 0.6 is 0 Å². The quantitative estimate of drug-likeness (QED) is 0.429. The lowest BCUT2D eigenvalue weighted by Crippen LogP contribution is -2.53. The van der Waals surface area contributed by atoms with Gasteiger partial charge in [-0.3, -0.25) is 0 Å². The fourth-order valence-corrected chi connectivity index (χ4v) is 4.39. The molecule has 0 aliphatic heterocycles. The number of hydrogen-bond donors (Lipinski definition) is 0. The first kappa shape index (κ1) is 15.3. The van der Waals surface area contributed by atoms with Gasteiger partial charge in [-0.05, 0) is 50.5 Å². The van der Waals surface area contributed by atoms with Crippen molar-refractivity contribution in [2.24, 2.45) is 23.7 Å². The van der Waals surface area contributed by atoms with Gasteiger partial charge in [-0.2, -0.15) is 0 Å². The lowest BCUT2D eigenvalue weighted by Gasteiger charge is -2.52. The summed E-state index contributed by atoms with van der Waals surface area (Å²) in [6.07, 6.45) is 7.95. The molecule has 2 bridgehead atoms. The number of rotatable bonds is 4. The Morgan fingerprint density at radius 2 is 2.05 bits per heavy atom. The Labute approximate surface area is 123 Å². The molecule has 2 saturated carbocycles. The third kappa shape index (κ3) is 2.57. The summed E-state index contributed by atoms with van der Waals surface area (Å²) in [7, 11) is 0. The van der Waals surface area contributed by atoms with Crippen molar-refractivity contribution in [1.29, 1.82) is 0 Å². The summed E-state index contributed by atoms with van der Waals surface area (Å²) >= 11 is 0. The van der Waals surface area contributed by atoms with E-state index in [1.165, 1.54) is 19.3 Å². The van der Waals surface area contributed by atoms with E-state index < -0.39 is 5.60 Å². The number of hydrogen-bond acceptors (Lipinski definition) is 2. The van der Waals surface area contributed by atoms with E-state index in [-0.39, 0.29) is 5.97 Å². The molecule has 2 heteroatoms. The van der Waals surface area contributed by atoms with Crippen LogP contribution in [0.3, 0.4) is 0 Å². The molecule has 5 atom stereocenters. The van der Waals surface area contributed by atoms with E-state index >= 15 is 0 Å². The molecule has 0 radical (unpaired) electrons. The number of carbonyl (C=O) groups is 1. The molecule has 0 aromatic rings. The number of fused-ring (bicyclic) bond motifs is 2. The van der Waals surface area contributed by atoms with Crippen molar-refractivity contribution in [2.45, 2.75) is 58.5 Å². The van der Waals surface area contributed by atoms with Gasteiger partial charge in [-0.15, -0.1) is 0 Å². The molecule has 0 aromatic carbocycles. The Balaban J connectivity index is 2.27. The van der Waals surface area contributed by atoms with Crippen molar-refractivity contribution in [3.05, 3.63) is 24.8 Å². The van der Waals surface area contributed by atoms with Crippen molar-refractivity contribution >= 4 is 5.97 Å². The molecular formula is C18H28O2. The van der Waals surface area contributed by atoms with Gasteiger partial charge in [0.25, 0.3) is 0 Å². The van der Waals surface area contributed by atoms with E-state index in [1.54, 1.807) is 6.92 Å². The Morgan fingerprint density at radius 1 is 1.35 bits per heavy atom. The predicted octanol–water partition coefficient (Wildman–Crippen LogP) is 4.51. The van der Waals surface area contributed by atoms with Gasteiger partial charge in [-0.25, -0.2) is 4.79 Å². The minimum absolute atomic E-state index is 0.270. The highest BCUT2D eigenvalue weighted by molar-refractivity contribution is 5.87. The average Bonchev–Trinajstić information content (AvgIpc) is 2.42. The van der Waals surface area contributed by atoms with Gasteiger partial charge in [0.15, 0.2) is 0 Å². The fraction of sp³-hybridized carbons (Fsp3) is 0.722. The Bertz CT molecular complexity index is 410. The number of ether oxygens (including phenoxy) is 1. The van der Waals surface area contributed by atoms with Crippen LogP contribution in [-0.4, -0.2) is 11.6 Å². The van der Waals surface area contributed by atoms with Gasteiger partial charge in [0.05, 0.1) is 0 Å². The van der Waals surface area contributed by atoms with Crippen LogP contribution < -0.4 is 0 Å². The van der Waals surface area contributed by atoms with Crippen LogP contribution in [-0.2, 0) is 9.53 Å². The third-order valence-electron chi connectivity index (χ3n) is 5.51. The maximum atomic E-state index is 12.1. The molecule has 0 amide bonds. The summed E-state index contributed by atoms with van der Waals surface area (Å²) in [6, 6.07) is 0. The van der Waals surface area contributed by atoms with E-state index in [9.17, 15) is 4.79 Å². The second-order valence-electron chi connectivity index (χ2n) is 6.91. The summed E-state index contributed by atoms with van der Waals surface area (Å²) in [4.78, 5) is 12.1. The maximum Gasteiger partial charge on any atom is 0.333 e. The van der Waals surface area contributed by atoms with E-state index in [1.807, 2.05) is 6.08 Å². The molecular weight excluding hydrogens is 248 g/mol. The van der Waals surface area contributed by atoms with Gasteiger partial charge in [0.1, 0.15) is 5.60 Å². The van der Waals surface area contributed by atoms with Gasteiger partial charge in [0.2, 0.25) is 0 Å². The van der Waals surface area contributed by atoms with Crippen LogP contribution in [0.25, 0.3) is 0 Å². The van der Waals surface area contributed by atoms with Crippen molar-refractivity contribution in [2.75, 3.05) is 0 Å². The fourth-order valence-electron chi connectivity index (χ4n) is 4.39. The first-order valence-electron chi connectivity index (χ1n) is 7.95. The van der Waals surface area contributed by atoms with Crippen molar-refractivity contribution in [3.8, 4) is 0 Å². The number of carbonyl (C=O) groups excluding carboxylic acids is 1. The Morgan fingerprint density at radius 3 is 2.60 bits per heavy atom. The van der Waals surface area contributed by atoms with Gasteiger partial charge in [0, 0.05) is 17.4 Å². The molecule has 2 rings (SSSR count). The predicted molar refractivity (Wildman–Crippen MR) is 82.2 cm³/mol. The van der Waals surface area contributed by atoms with Crippen LogP contribution in [0.15, 0.2) is 24.8 Å². The molecule has 2 aliphatic carbocycles. The van der Waals surface area contributed by atoms with Gasteiger partial charge in [-0.1, -0.05) is 33.4 Å². The zero-order valence-electron chi connectivity index (χ0n) is 13.2. The minimum atomic E-state index is -0.486. The number of esters is 1. The lowest BCUT2D eigenvalue weighted by molar-refractivity contribution is -0.172. The maximum absolute atomic E-state index is 12.1. The molecule has 5 unspecified atom stereocenters. The first-order chi connectivity index (χ1) is 9.42. The average molecular weight is 276 g/mol. The smallest absolute Gasteiger partial charge is 0.333 e. The van der Waals surface area contributed by atoms with E-state index in [0.717, 1.165) is 24.7 Å². The standard InChI is InChI=1S/C18H28O2/c1-6-14-9-15-8-13(5)18(7-2,16(10-14)11-15)20-17(19)12(3)4/h7,13-16H,2-3,6,8-11H2,1,4-5H3. The second kappa shape index (κ2) is 5.75. The van der Waals surface area contributed by atoms with Crippen LogP contribution in [0, 0.1) is 23.7 Å². The highest BCUT2D eigenvalue weighted by Crippen LogP contribution is 2.53. The van der Waals surface area contributed by atoms with Crippen molar-refractivity contribution in [3.63, 3.8) is 0 Å². The first-order valence-corrected chi connectivity index (χ1v) is 7.95. The summed E-state index contributed by atoms with van der Waals surface area (Å²) in [5.74, 6) is 2.08. The van der Waals surface area contributed by atoms with Crippen LogP contribution in [0.4, 0.5) is 0 Å². The highest BCUT2D eigenvalue weighted by atomic mass is 16.6. The van der Waals surface area contributed by atoms with Gasteiger partial charge >= 0.3 is 5.97 Å². The minimum Gasteiger partial charge on any atom is -0.451 e. The summed E-state index contributed by atoms with van der Waals surface area (Å²) in [5.41, 5.74) is -0.0104. The zero-order chi connectivity index (χ0) is 14.9. The SMILES string of the molecule is C=CC1(OC(=O)C(=C)C)C(C)CC2CC(CC)CC1C2. The molecule has 0 heterocycles. The lowest BCUT2D eigenvalue weighted by atomic mass is 9.57. The molecule has 0 N–H and O–H groups in total. The summed E-state index contributed by atoms with van der Waals surface area (Å²) in [6.45, 7) is 13.9. The molecule has 0 saturated heterocycles. The zero-order valence-corrected chi connectivity index (χ0v) is 13.2. The van der Waals surface area contributed by atoms with Crippen molar-refractivity contribution in [1.82, 2.24) is 0 Å². The third-order valence-corrected chi connectivity index (χ3v) is 5.51. The topological polar surface area (TPSA) is 26.3 Å². The van der Waals surface area contributed by atoms with Gasteiger partial charge < -0.3 is 4.74 Å². The molecule has 112 valence electrons. The summed E-state index contributed by atoms with van der Waals surface area (Å²) in [5, 5.41) is 0. The van der Waals surface area contributed by atoms with Crippen LogP contribution in [0.5, 0.6) is 0 Å². The second-order valence-corrected chi connectivity index (χ2v) is 6.91. The van der Waals surface area contributed by atoms with E-state index in [4.69, 9.17) is 4.74 Å². The highest BCUT2D eigenvalue weighted by Gasteiger charge is 2.52. The van der Waals surface area contributed by atoms with Crippen molar-refractivity contribution < 1.29 is 9.53 Å². The molecule has 2 nitrogen and oxygen atoms in total. The van der Waals surface area contributed by atoms with Crippen LogP contribution in [0.2, 0.25) is 0 Å². The Kier molecular flexibility index (Phi) is 4.41. The molecule has 2 aliphatic rings. The monoisotopic (exact) mass is 276 g/mol. The molecule has 0 aromatic heterocycles. The Hall–Kier alpha value is -1.05. The van der Waals surface area contributed by atoms with Crippen LogP contribution in [0.1, 0.15) is 52.9 Å². The normalized spacial score (nSPS) is 40.0. The summed E-state index contributed by atoms with van der Waals surface area (Å²) < 4.78 is 5.92.